The van der Waals surface area contributed by atoms with Crippen molar-refractivity contribution in [2.24, 2.45) is 0 Å². The summed E-state index contributed by atoms with van der Waals surface area (Å²) in [6.07, 6.45) is 1.69. The van der Waals surface area contributed by atoms with Crippen LogP contribution in [0, 0.1) is 0 Å². The largest absolute Gasteiger partial charge is 0.481 e. The second-order valence-corrected chi connectivity index (χ2v) is 3.75. The molecule has 0 aromatic carbocycles. The van der Waals surface area contributed by atoms with E-state index in [0.29, 0.717) is 19.4 Å². The van der Waals surface area contributed by atoms with Gasteiger partial charge in [-0.15, -0.1) is 0 Å². The lowest BCUT2D eigenvalue weighted by Gasteiger charge is -2.09. The summed E-state index contributed by atoms with van der Waals surface area (Å²) in [5.74, 6) is -0.912. The standard InChI is InChI=1S/C10H20N2O3/c1-12(2)8-4-7-11-9(13)5-3-6-10(14)15/h3-8H2,1-2H3,(H,11,13)(H,14,15). The molecule has 0 spiro atoms. The molecule has 0 saturated carbocycles. The van der Waals surface area contributed by atoms with Gasteiger partial charge in [-0.3, -0.25) is 9.59 Å². The average molecular weight is 216 g/mol. The topological polar surface area (TPSA) is 69.6 Å². The molecule has 0 fully saturated rings. The number of carboxylic acid groups (broad SMARTS) is 1. The van der Waals surface area contributed by atoms with Crippen LogP contribution in [0.15, 0.2) is 0 Å². The maximum Gasteiger partial charge on any atom is 0.303 e. The van der Waals surface area contributed by atoms with E-state index in [0.717, 1.165) is 13.0 Å². The molecule has 0 aromatic rings. The molecule has 0 heterocycles. The number of aliphatic carboxylic acids is 1. The Balaban J connectivity index is 3.30. The summed E-state index contributed by atoms with van der Waals surface area (Å²) in [4.78, 5) is 23.4. The van der Waals surface area contributed by atoms with Crippen LogP contribution in [0.2, 0.25) is 0 Å². The normalized spacial score (nSPS) is 10.3. The molecule has 0 atom stereocenters. The van der Waals surface area contributed by atoms with Crippen LogP contribution in [-0.2, 0) is 9.59 Å². The maximum atomic E-state index is 11.2. The van der Waals surface area contributed by atoms with Crippen LogP contribution in [0.1, 0.15) is 25.7 Å². The summed E-state index contributed by atoms with van der Waals surface area (Å²) in [5, 5.41) is 11.1. The van der Waals surface area contributed by atoms with Crippen molar-refractivity contribution in [2.45, 2.75) is 25.7 Å². The molecule has 0 aromatic heterocycles. The maximum absolute atomic E-state index is 11.2. The highest BCUT2D eigenvalue weighted by Crippen LogP contribution is 1.94. The van der Waals surface area contributed by atoms with E-state index in [1.54, 1.807) is 0 Å². The molecule has 0 rings (SSSR count). The Kier molecular flexibility index (Phi) is 7.62. The molecule has 1 amide bonds. The van der Waals surface area contributed by atoms with Gasteiger partial charge in [0.05, 0.1) is 0 Å². The van der Waals surface area contributed by atoms with Crippen molar-refractivity contribution in [3.8, 4) is 0 Å². The van der Waals surface area contributed by atoms with Crippen molar-refractivity contribution in [1.29, 1.82) is 0 Å². The van der Waals surface area contributed by atoms with Crippen LogP contribution >= 0.6 is 0 Å². The third kappa shape index (κ3) is 10.8. The number of nitrogens with one attached hydrogen (secondary N) is 1. The van der Waals surface area contributed by atoms with Gasteiger partial charge in [-0.2, -0.15) is 0 Å². The summed E-state index contributed by atoms with van der Waals surface area (Å²) >= 11 is 0. The number of hydrogen-bond acceptors (Lipinski definition) is 3. The fraction of sp³-hybridized carbons (Fsp3) is 0.800. The molecular weight excluding hydrogens is 196 g/mol. The number of carboxylic acids is 1. The molecule has 0 saturated heterocycles. The number of carbonyl (C=O) groups is 2. The van der Waals surface area contributed by atoms with Gasteiger partial charge in [0.2, 0.25) is 5.91 Å². The predicted molar refractivity (Wildman–Crippen MR) is 57.7 cm³/mol. The number of hydrogen-bond donors (Lipinski definition) is 2. The van der Waals surface area contributed by atoms with E-state index in [1.807, 2.05) is 14.1 Å². The molecule has 0 aliphatic rings. The second-order valence-electron chi connectivity index (χ2n) is 3.75. The smallest absolute Gasteiger partial charge is 0.303 e. The van der Waals surface area contributed by atoms with E-state index in [9.17, 15) is 9.59 Å². The Bertz CT molecular complexity index is 205. The zero-order valence-electron chi connectivity index (χ0n) is 9.45. The van der Waals surface area contributed by atoms with Crippen molar-refractivity contribution < 1.29 is 14.7 Å². The molecule has 0 radical (unpaired) electrons. The molecule has 0 aliphatic carbocycles. The SMILES string of the molecule is CN(C)CCCNC(=O)CCCC(=O)O. The molecule has 88 valence electrons. The third-order valence-corrected chi connectivity index (χ3v) is 1.90. The zero-order valence-corrected chi connectivity index (χ0v) is 9.45. The summed E-state index contributed by atoms with van der Waals surface area (Å²) < 4.78 is 0. The molecular formula is C10H20N2O3. The van der Waals surface area contributed by atoms with Gasteiger partial charge >= 0.3 is 5.97 Å². The first-order valence-corrected chi connectivity index (χ1v) is 5.15. The first kappa shape index (κ1) is 13.9. The molecule has 0 aliphatic heterocycles. The number of amides is 1. The van der Waals surface area contributed by atoms with E-state index in [-0.39, 0.29) is 12.3 Å². The summed E-state index contributed by atoms with van der Waals surface area (Å²) in [7, 11) is 3.96. The van der Waals surface area contributed by atoms with E-state index < -0.39 is 5.97 Å². The Morgan fingerprint density at radius 2 is 1.87 bits per heavy atom. The molecule has 5 nitrogen and oxygen atoms in total. The minimum absolute atomic E-state index is 0.0602. The van der Waals surface area contributed by atoms with Crippen LogP contribution < -0.4 is 5.32 Å². The highest BCUT2D eigenvalue weighted by molar-refractivity contribution is 5.76. The minimum atomic E-state index is -0.851. The lowest BCUT2D eigenvalue weighted by atomic mass is 10.2. The highest BCUT2D eigenvalue weighted by Gasteiger charge is 2.02. The quantitative estimate of drug-likeness (QED) is 0.573. The van der Waals surface area contributed by atoms with Crippen molar-refractivity contribution >= 4 is 11.9 Å². The van der Waals surface area contributed by atoms with Gasteiger partial charge in [-0.25, -0.2) is 0 Å². The van der Waals surface area contributed by atoms with Gasteiger partial charge in [-0.1, -0.05) is 0 Å². The molecule has 15 heavy (non-hydrogen) atoms. The van der Waals surface area contributed by atoms with Crippen molar-refractivity contribution in [3.63, 3.8) is 0 Å². The fourth-order valence-electron chi connectivity index (χ4n) is 1.11. The van der Waals surface area contributed by atoms with Gasteiger partial charge in [0.15, 0.2) is 0 Å². The Labute approximate surface area is 90.5 Å². The summed E-state index contributed by atoms with van der Waals surface area (Å²) in [6, 6.07) is 0. The molecule has 0 unspecified atom stereocenters. The highest BCUT2D eigenvalue weighted by atomic mass is 16.4. The average Bonchev–Trinajstić information content (AvgIpc) is 2.11. The van der Waals surface area contributed by atoms with E-state index >= 15 is 0 Å². The number of rotatable bonds is 8. The minimum Gasteiger partial charge on any atom is -0.481 e. The Morgan fingerprint density at radius 3 is 2.40 bits per heavy atom. The van der Waals surface area contributed by atoms with Crippen molar-refractivity contribution in [2.75, 3.05) is 27.2 Å². The fourth-order valence-corrected chi connectivity index (χ4v) is 1.11. The van der Waals surface area contributed by atoms with Gasteiger partial charge in [-0.05, 0) is 33.5 Å². The van der Waals surface area contributed by atoms with E-state index in [1.165, 1.54) is 0 Å². The summed E-state index contributed by atoms with van der Waals surface area (Å²) in [6.45, 7) is 1.60. The Hall–Kier alpha value is -1.10. The van der Waals surface area contributed by atoms with Gasteiger partial charge in [0.1, 0.15) is 0 Å². The lowest BCUT2D eigenvalue weighted by Crippen LogP contribution is -2.26. The van der Waals surface area contributed by atoms with Crippen LogP contribution in [-0.4, -0.2) is 49.1 Å². The lowest BCUT2D eigenvalue weighted by molar-refractivity contribution is -0.137. The van der Waals surface area contributed by atoms with E-state index in [2.05, 4.69) is 10.2 Å². The van der Waals surface area contributed by atoms with Crippen LogP contribution in [0.4, 0.5) is 0 Å². The first-order chi connectivity index (χ1) is 7.02. The monoisotopic (exact) mass is 216 g/mol. The van der Waals surface area contributed by atoms with Gasteiger partial charge in [0, 0.05) is 19.4 Å². The first-order valence-electron chi connectivity index (χ1n) is 5.15. The Morgan fingerprint density at radius 1 is 1.20 bits per heavy atom. The molecule has 0 bridgehead atoms. The van der Waals surface area contributed by atoms with Gasteiger partial charge < -0.3 is 15.3 Å². The third-order valence-electron chi connectivity index (χ3n) is 1.90. The predicted octanol–water partition coefficient (Wildman–Crippen LogP) is 0.309. The van der Waals surface area contributed by atoms with Crippen molar-refractivity contribution in [1.82, 2.24) is 10.2 Å². The molecule has 2 N–H and O–H groups in total. The van der Waals surface area contributed by atoms with Crippen molar-refractivity contribution in [3.05, 3.63) is 0 Å². The second kappa shape index (κ2) is 8.23. The number of nitrogens with zero attached hydrogens (tertiary/aromatic N) is 1. The molecule has 5 heteroatoms. The van der Waals surface area contributed by atoms with Crippen LogP contribution in [0.3, 0.4) is 0 Å². The van der Waals surface area contributed by atoms with Crippen LogP contribution in [0.25, 0.3) is 0 Å². The number of carbonyl (C=O) groups excluding carboxylic acids is 1. The zero-order chi connectivity index (χ0) is 11.7. The van der Waals surface area contributed by atoms with Gasteiger partial charge in [0.25, 0.3) is 0 Å². The summed E-state index contributed by atoms with van der Waals surface area (Å²) in [5.41, 5.74) is 0. The van der Waals surface area contributed by atoms with E-state index in [4.69, 9.17) is 5.11 Å². The van der Waals surface area contributed by atoms with Crippen LogP contribution in [0.5, 0.6) is 0 Å².